The third-order valence-electron chi connectivity index (χ3n) is 10.8. The van der Waals surface area contributed by atoms with E-state index in [9.17, 15) is 30.0 Å². The Morgan fingerprint density at radius 1 is 0.982 bits per heavy atom. The topological polar surface area (TPSA) is 143 Å². The number of esters is 1. The van der Waals surface area contributed by atoms with Crippen molar-refractivity contribution in [2.45, 2.75) is 136 Å². The summed E-state index contributed by atoms with van der Waals surface area (Å²) in [7, 11) is 1.33. The minimum absolute atomic E-state index is 0.000140. The summed E-state index contributed by atoms with van der Waals surface area (Å²) in [6.07, 6.45) is 17.7. The van der Waals surface area contributed by atoms with E-state index in [1.165, 1.54) is 13.2 Å². The average Bonchev–Trinajstić information content (AvgIpc) is 3.60. The minimum Gasteiger partial charge on any atom is -0.466 e. The number of carbonyl (C=O) groups excluding carboxylic acids is 2. The lowest BCUT2D eigenvalue weighted by Gasteiger charge is -2.29. The Balaban J connectivity index is 0.000000380. The molecule has 2 aliphatic carbocycles. The zero-order valence-electron chi connectivity index (χ0n) is 34.2. The van der Waals surface area contributed by atoms with E-state index in [4.69, 9.17) is 9.47 Å². The largest absolute Gasteiger partial charge is 0.466 e. The van der Waals surface area contributed by atoms with Gasteiger partial charge in [0.2, 0.25) is 0 Å². The molecule has 2 saturated carbocycles. The lowest BCUT2D eigenvalue weighted by molar-refractivity contribution is -0.186. The SMILES string of the molecule is CCC#CC[C@H](C)C(/C=C/[C@@H]1[C@@H](CCO)[C@@H](O)C[C@H]1C)OC1CCCCO1.CCC#CC[C@H](C)C(O)/C=C/[C@H]1[C@H](O)CC(=O)[C@@H]1CCSC/C=C/C(=O)OC. The number of Topliss-reactive ketones (excluding diaryl/α,β-unsaturated/α-hetero) is 1. The zero-order valence-corrected chi connectivity index (χ0v) is 35.1. The van der Waals surface area contributed by atoms with E-state index in [-0.39, 0.29) is 78.8 Å². The van der Waals surface area contributed by atoms with E-state index >= 15 is 0 Å². The number of carbonyl (C=O) groups is 2. The summed E-state index contributed by atoms with van der Waals surface area (Å²) < 4.78 is 16.6. The second-order valence-corrected chi connectivity index (χ2v) is 16.3. The summed E-state index contributed by atoms with van der Waals surface area (Å²) in [5.41, 5.74) is 0. The number of allylic oxidation sites excluding steroid dienone is 1. The maximum absolute atomic E-state index is 12.2. The summed E-state index contributed by atoms with van der Waals surface area (Å²) in [4.78, 5) is 23.2. The highest BCUT2D eigenvalue weighted by atomic mass is 32.2. The van der Waals surface area contributed by atoms with Crippen molar-refractivity contribution in [2.24, 2.45) is 41.4 Å². The van der Waals surface area contributed by atoms with E-state index in [1.54, 1.807) is 30.0 Å². The molecular formula is C45H70O9S. The number of ether oxygens (including phenoxy) is 3. The lowest BCUT2D eigenvalue weighted by atomic mass is 9.86. The first kappa shape index (κ1) is 48.7. The number of hydrogen-bond acceptors (Lipinski definition) is 10. The summed E-state index contributed by atoms with van der Waals surface area (Å²) >= 11 is 1.62. The standard InChI is InChI=1S/C23H38O4.C22H32O5S/c1-4-5-6-9-17(2)22(27-23-10-7-8-15-26-23)12-11-19-18(3)16-21(25)20(19)13-14-24;1-4-5-6-8-16(2)19(23)11-10-17-18(21(25)15-20(17)24)12-14-28-13-7-9-22(26)27-3/h11-12,17-25H,4,7-10,13-16H2,1-3H3;7,9-11,16-20,23-24H,4,8,12-15H2,1-3H3/b12-11+;9-7+,11-10+/t17-,18+,19-,20+,21-,22?,23?;16-,17+,18+,19?,20+/m00/s1. The molecule has 4 N–H and O–H groups in total. The molecule has 0 amide bonds. The molecule has 1 saturated heterocycles. The monoisotopic (exact) mass is 786 g/mol. The van der Waals surface area contributed by atoms with Crippen LogP contribution >= 0.6 is 11.8 Å². The Labute approximate surface area is 336 Å². The second-order valence-electron chi connectivity index (χ2n) is 15.2. The van der Waals surface area contributed by atoms with E-state index in [0.29, 0.717) is 30.9 Å². The van der Waals surface area contributed by atoms with Gasteiger partial charge in [0.05, 0.1) is 31.5 Å². The maximum Gasteiger partial charge on any atom is 0.330 e. The predicted octanol–water partition coefficient (Wildman–Crippen LogP) is 6.67. The fourth-order valence-electron chi connectivity index (χ4n) is 7.41. The van der Waals surface area contributed by atoms with Gasteiger partial charge in [-0.25, -0.2) is 4.79 Å². The summed E-state index contributed by atoms with van der Waals surface area (Å²) in [6.45, 7) is 11.3. The Morgan fingerprint density at radius 2 is 1.67 bits per heavy atom. The first-order valence-electron chi connectivity index (χ1n) is 20.5. The van der Waals surface area contributed by atoms with Gasteiger partial charge >= 0.3 is 5.97 Å². The van der Waals surface area contributed by atoms with Gasteiger partial charge in [0.1, 0.15) is 5.78 Å². The van der Waals surface area contributed by atoms with Crippen molar-refractivity contribution in [2.75, 3.05) is 31.8 Å². The number of aliphatic hydroxyl groups is 4. The normalized spacial score (nSPS) is 28.9. The number of thioether (sulfide) groups is 1. The zero-order chi connectivity index (χ0) is 40.6. The molecular weight excluding hydrogens is 717 g/mol. The van der Waals surface area contributed by atoms with Crippen molar-refractivity contribution < 1.29 is 44.2 Å². The molecule has 3 unspecified atom stereocenters. The van der Waals surface area contributed by atoms with E-state index in [2.05, 4.69) is 61.3 Å². The molecule has 0 radical (unpaired) electrons. The molecule has 3 aliphatic rings. The highest BCUT2D eigenvalue weighted by Gasteiger charge is 2.40. The van der Waals surface area contributed by atoms with Crippen LogP contribution < -0.4 is 0 Å². The first-order valence-corrected chi connectivity index (χ1v) is 21.7. The van der Waals surface area contributed by atoms with Crippen molar-refractivity contribution >= 4 is 23.5 Å². The smallest absolute Gasteiger partial charge is 0.330 e. The molecule has 0 aromatic rings. The van der Waals surface area contributed by atoms with Crippen LogP contribution in [0.3, 0.4) is 0 Å². The highest BCUT2D eigenvalue weighted by Crippen LogP contribution is 2.40. The predicted molar refractivity (Wildman–Crippen MR) is 221 cm³/mol. The van der Waals surface area contributed by atoms with Gasteiger partial charge in [-0.15, -0.1) is 23.7 Å². The maximum atomic E-state index is 12.2. The lowest BCUT2D eigenvalue weighted by Crippen LogP contribution is -2.31. The summed E-state index contributed by atoms with van der Waals surface area (Å²) in [5, 5.41) is 40.2. The molecule has 10 heteroatoms. The summed E-state index contributed by atoms with van der Waals surface area (Å²) in [6, 6.07) is 0. The van der Waals surface area contributed by atoms with Crippen molar-refractivity contribution in [3.63, 3.8) is 0 Å². The summed E-state index contributed by atoms with van der Waals surface area (Å²) in [5.74, 6) is 14.1. The third-order valence-corrected chi connectivity index (χ3v) is 11.7. The highest BCUT2D eigenvalue weighted by molar-refractivity contribution is 7.99. The van der Waals surface area contributed by atoms with Gasteiger partial charge in [0, 0.05) is 69.0 Å². The van der Waals surface area contributed by atoms with Crippen LogP contribution in [0.5, 0.6) is 0 Å². The van der Waals surface area contributed by atoms with Crippen molar-refractivity contribution in [1.29, 1.82) is 0 Å². The number of rotatable bonds is 18. The molecule has 0 bridgehead atoms. The van der Waals surface area contributed by atoms with Gasteiger partial charge < -0.3 is 34.6 Å². The van der Waals surface area contributed by atoms with Crippen LogP contribution in [-0.2, 0) is 23.8 Å². The van der Waals surface area contributed by atoms with Crippen molar-refractivity contribution in [3.05, 3.63) is 36.5 Å². The van der Waals surface area contributed by atoms with Crippen LogP contribution in [0.1, 0.15) is 105 Å². The molecule has 1 aliphatic heterocycles. The van der Waals surface area contributed by atoms with Gasteiger partial charge in [-0.1, -0.05) is 65.0 Å². The quantitative estimate of drug-likeness (QED) is 0.0391. The molecule has 1 heterocycles. The number of methoxy groups -OCH3 is 1. The van der Waals surface area contributed by atoms with Crippen molar-refractivity contribution in [1.82, 2.24) is 0 Å². The third kappa shape index (κ3) is 18.2. The van der Waals surface area contributed by atoms with Crippen LogP contribution in [0.25, 0.3) is 0 Å². The molecule has 9 nitrogen and oxygen atoms in total. The Hall–Kier alpha value is -2.41. The molecule has 0 aromatic heterocycles. The second kappa shape index (κ2) is 28.1. The fraction of sp³-hybridized carbons (Fsp3) is 0.733. The van der Waals surface area contributed by atoms with Crippen molar-refractivity contribution in [3.8, 4) is 23.7 Å². The van der Waals surface area contributed by atoms with E-state index in [1.807, 2.05) is 13.8 Å². The first-order chi connectivity index (χ1) is 26.5. The van der Waals surface area contributed by atoms with Gasteiger partial charge in [-0.2, -0.15) is 11.8 Å². The molecule has 310 valence electrons. The number of hydrogen-bond donors (Lipinski definition) is 4. The molecule has 3 rings (SSSR count). The molecule has 55 heavy (non-hydrogen) atoms. The Kier molecular flexibility index (Phi) is 24.9. The minimum atomic E-state index is -0.694. The van der Waals surface area contributed by atoms with Crippen LogP contribution in [0.15, 0.2) is 36.5 Å². The molecule has 0 spiro atoms. The van der Waals surface area contributed by atoms with Gasteiger partial charge in [-0.05, 0) is 73.9 Å². The van der Waals surface area contributed by atoms with Crippen LogP contribution in [0, 0.1) is 65.1 Å². The Bertz CT molecular complexity index is 1320. The number of ketones is 1. The van der Waals surface area contributed by atoms with Crippen LogP contribution in [-0.4, -0.2) is 94.7 Å². The van der Waals surface area contributed by atoms with E-state index in [0.717, 1.165) is 57.3 Å². The molecule has 3 fully saturated rings. The van der Waals surface area contributed by atoms with Crippen LogP contribution in [0.4, 0.5) is 0 Å². The van der Waals surface area contributed by atoms with Gasteiger partial charge in [-0.3, -0.25) is 4.79 Å². The number of aliphatic hydroxyl groups excluding tert-OH is 4. The molecule has 0 aromatic carbocycles. The van der Waals surface area contributed by atoms with Gasteiger partial charge in [0.15, 0.2) is 6.29 Å². The molecule has 12 atom stereocenters. The van der Waals surface area contributed by atoms with Gasteiger partial charge in [0.25, 0.3) is 0 Å². The average molecular weight is 787 g/mol. The fourth-order valence-corrected chi connectivity index (χ4v) is 8.23. The Morgan fingerprint density at radius 3 is 2.31 bits per heavy atom. The van der Waals surface area contributed by atoms with Crippen LogP contribution in [0.2, 0.25) is 0 Å². The van der Waals surface area contributed by atoms with E-state index < -0.39 is 12.2 Å².